The van der Waals surface area contributed by atoms with Gasteiger partial charge in [-0.25, -0.2) is 9.78 Å². The van der Waals surface area contributed by atoms with Crippen LogP contribution in [0, 0.1) is 0 Å². The monoisotopic (exact) mass is 342 g/mol. The van der Waals surface area contributed by atoms with Gasteiger partial charge < -0.3 is 19.2 Å². The number of carbonyl (C=O) groups is 1. The average Bonchev–Trinajstić information content (AvgIpc) is 2.86. The number of rotatable bonds is 11. The summed E-state index contributed by atoms with van der Waals surface area (Å²) in [6.07, 6.45) is 0.634. The molecule has 7 heteroatoms. The number of hydrogen-bond acceptors (Lipinski definition) is 5. The van der Waals surface area contributed by atoms with Crippen LogP contribution in [0.1, 0.15) is 35.9 Å². The van der Waals surface area contributed by atoms with E-state index in [9.17, 15) is 4.79 Å². The normalized spacial score (nSPS) is 11.7. The third-order valence-corrected chi connectivity index (χ3v) is 4.93. The van der Waals surface area contributed by atoms with Crippen LogP contribution in [0.25, 0.3) is 0 Å². The van der Waals surface area contributed by atoms with Crippen molar-refractivity contribution < 1.29 is 19.0 Å². The first-order valence-corrected chi connectivity index (χ1v) is 12.0. The quantitative estimate of drug-likeness (QED) is 0.380. The number of nitrogens with one attached hydrogen (secondary N) is 1. The van der Waals surface area contributed by atoms with Crippen molar-refractivity contribution in [2.24, 2.45) is 0 Å². The van der Waals surface area contributed by atoms with Gasteiger partial charge in [0.1, 0.15) is 5.82 Å². The van der Waals surface area contributed by atoms with Crippen LogP contribution in [0.4, 0.5) is 0 Å². The summed E-state index contributed by atoms with van der Waals surface area (Å²) in [6.45, 7) is 13.3. The first kappa shape index (κ1) is 19.9. The van der Waals surface area contributed by atoms with Gasteiger partial charge in [0.25, 0.3) is 0 Å². The molecule has 0 unspecified atom stereocenters. The van der Waals surface area contributed by atoms with E-state index in [2.05, 4.69) is 29.6 Å². The molecule has 0 aliphatic heterocycles. The molecule has 0 radical (unpaired) electrons. The van der Waals surface area contributed by atoms with Gasteiger partial charge in [-0.1, -0.05) is 19.6 Å². The number of nitrogens with zero attached hydrogens (tertiary/aromatic N) is 1. The Hall–Kier alpha value is -1.18. The summed E-state index contributed by atoms with van der Waals surface area (Å²) < 4.78 is 16.1. The van der Waals surface area contributed by atoms with E-state index in [4.69, 9.17) is 14.2 Å². The highest BCUT2D eigenvalue weighted by atomic mass is 28.3. The molecule has 6 nitrogen and oxygen atoms in total. The summed E-state index contributed by atoms with van der Waals surface area (Å²) in [5.74, 6) is 0.320. The predicted octanol–water partition coefficient (Wildman–Crippen LogP) is 3.02. The van der Waals surface area contributed by atoms with Crippen LogP contribution >= 0.6 is 0 Å². The summed E-state index contributed by atoms with van der Waals surface area (Å²) in [5.41, 5.74) is 1.01. The fourth-order valence-corrected chi connectivity index (χ4v) is 2.68. The number of esters is 1. The Labute approximate surface area is 139 Å². The Morgan fingerprint density at radius 3 is 2.48 bits per heavy atom. The fourth-order valence-electron chi connectivity index (χ4n) is 1.92. The summed E-state index contributed by atoms with van der Waals surface area (Å²) in [4.78, 5) is 19.5. The second kappa shape index (κ2) is 9.84. The molecule has 0 aromatic carbocycles. The molecule has 0 amide bonds. The second-order valence-corrected chi connectivity index (χ2v) is 12.2. The molecule has 0 saturated carbocycles. The van der Waals surface area contributed by atoms with E-state index in [0.29, 0.717) is 50.8 Å². The first-order chi connectivity index (χ1) is 10.9. The number of H-pyrrole nitrogens is 1. The molecular weight excluding hydrogens is 312 g/mol. The van der Waals surface area contributed by atoms with E-state index in [1.54, 1.807) is 6.92 Å². The van der Waals surface area contributed by atoms with Gasteiger partial charge in [0.05, 0.1) is 25.5 Å². The van der Waals surface area contributed by atoms with Crippen LogP contribution in [-0.2, 0) is 27.2 Å². The number of imidazole rings is 1. The molecule has 1 heterocycles. The van der Waals surface area contributed by atoms with Crippen LogP contribution in [0.5, 0.6) is 0 Å². The molecule has 1 aromatic heterocycles. The van der Waals surface area contributed by atoms with E-state index in [-0.39, 0.29) is 0 Å². The Bertz CT molecular complexity index is 483. The van der Waals surface area contributed by atoms with Crippen LogP contribution in [0.3, 0.4) is 0 Å². The van der Waals surface area contributed by atoms with Crippen LogP contribution in [0.2, 0.25) is 25.7 Å². The smallest absolute Gasteiger partial charge is 0.358 e. The third kappa shape index (κ3) is 7.76. The van der Waals surface area contributed by atoms with Gasteiger partial charge in [-0.2, -0.15) is 0 Å². The van der Waals surface area contributed by atoms with Gasteiger partial charge in [0.2, 0.25) is 0 Å². The largest absolute Gasteiger partial charge is 0.461 e. The number of aromatic amines is 1. The highest BCUT2D eigenvalue weighted by molar-refractivity contribution is 6.76. The third-order valence-electron chi connectivity index (χ3n) is 3.23. The molecule has 0 atom stereocenters. The maximum Gasteiger partial charge on any atom is 0.358 e. The van der Waals surface area contributed by atoms with Gasteiger partial charge in [-0.15, -0.1) is 0 Å². The van der Waals surface area contributed by atoms with Crippen molar-refractivity contribution in [2.45, 2.75) is 52.6 Å². The lowest BCUT2D eigenvalue weighted by atomic mass is 10.3. The lowest BCUT2D eigenvalue weighted by Crippen LogP contribution is -2.21. The maximum atomic E-state index is 12.0. The molecule has 0 fully saturated rings. The molecule has 0 aliphatic carbocycles. The zero-order chi connectivity index (χ0) is 17.3. The van der Waals surface area contributed by atoms with Crippen molar-refractivity contribution in [3.63, 3.8) is 0 Å². The van der Waals surface area contributed by atoms with Crippen molar-refractivity contribution >= 4 is 14.0 Å². The molecule has 1 rings (SSSR count). The summed E-state index contributed by atoms with van der Waals surface area (Å²) in [5, 5.41) is 0. The molecular formula is C16H30N2O4Si. The maximum absolute atomic E-state index is 12.0. The van der Waals surface area contributed by atoms with Crippen molar-refractivity contribution in [1.82, 2.24) is 9.97 Å². The van der Waals surface area contributed by atoms with Crippen LogP contribution in [0.15, 0.2) is 0 Å². The standard InChI is InChI=1S/C16H30N2O4Si/c1-6-20-9-8-14-17-13(12-21-10-11-23(3,4)5)15(18-14)16(19)22-7-2/h6-12H2,1-5H3,(H,17,18). The average molecular weight is 343 g/mol. The minimum atomic E-state index is -1.12. The first-order valence-electron chi connectivity index (χ1n) is 8.27. The minimum absolute atomic E-state index is 0.325. The Balaban J connectivity index is 2.67. The van der Waals surface area contributed by atoms with Gasteiger partial charge >= 0.3 is 5.97 Å². The fraction of sp³-hybridized carbons (Fsp3) is 0.750. The number of hydrogen-bond donors (Lipinski definition) is 1. The van der Waals surface area contributed by atoms with Crippen molar-refractivity contribution in [3.05, 3.63) is 17.2 Å². The molecule has 0 aliphatic rings. The Kier molecular flexibility index (Phi) is 8.50. The molecule has 132 valence electrons. The van der Waals surface area contributed by atoms with Crippen LogP contribution in [-0.4, -0.2) is 50.4 Å². The number of aromatic nitrogens is 2. The molecule has 0 bridgehead atoms. The van der Waals surface area contributed by atoms with E-state index in [1.165, 1.54) is 0 Å². The Morgan fingerprint density at radius 2 is 1.87 bits per heavy atom. The molecule has 23 heavy (non-hydrogen) atoms. The lowest BCUT2D eigenvalue weighted by Gasteiger charge is -2.15. The second-order valence-electron chi connectivity index (χ2n) is 6.54. The zero-order valence-corrected chi connectivity index (χ0v) is 16.0. The van der Waals surface area contributed by atoms with Gasteiger partial charge in [-0.05, 0) is 19.9 Å². The summed E-state index contributed by atoms with van der Waals surface area (Å²) in [6, 6.07) is 1.09. The number of carbonyl (C=O) groups excluding carboxylic acids is 1. The highest BCUT2D eigenvalue weighted by Gasteiger charge is 2.19. The van der Waals surface area contributed by atoms with Gasteiger partial charge in [0.15, 0.2) is 5.69 Å². The lowest BCUT2D eigenvalue weighted by molar-refractivity contribution is 0.0512. The van der Waals surface area contributed by atoms with Crippen LogP contribution < -0.4 is 0 Å². The van der Waals surface area contributed by atoms with E-state index >= 15 is 0 Å². The molecule has 1 N–H and O–H groups in total. The van der Waals surface area contributed by atoms with Crippen molar-refractivity contribution in [2.75, 3.05) is 26.4 Å². The van der Waals surface area contributed by atoms with E-state index in [0.717, 1.165) is 11.9 Å². The number of ether oxygens (including phenoxy) is 3. The topological polar surface area (TPSA) is 73.4 Å². The molecule has 0 saturated heterocycles. The Morgan fingerprint density at radius 1 is 1.13 bits per heavy atom. The minimum Gasteiger partial charge on any atom is -0.461 e. The zero-order valence-electron chi connectivity index (χ0n) is 15.0. The van der Waals surface area contributed by atoms with Crippen molar-refractivity contribution in [3.8, 4) is 0 Å². The molecule has 1 aromatic rings. The summed E-state index contributed by atoms with van der Waals surface area (Å²) in [7, 11) is -1.12. The van der Waals surface area contributed by atoms with E-state index < -0.39 is 14.0 Å². The van der Waals surface area contributed by atoms with Gasteiger partial charge in [-0.3, -0.25) is 0 Å². The summed E-state index contributed by atoms with van der Waals surface area (Å²) >= 11 is 0. The van der Waals surface area contributed by atoms with E-state index in [1.807, 2.05) is 6.92 Å². The predicted molar refractivity (Wildman–Crippen MR) is 92.6 cm³/mol. The molecule has 0 spiro atoms. The SMILES string of the molecule is CCOCCc1nc(C(=O)OCC)c(COCC[Si](C)(C)C)[nH]1. The van der Waals surface area contributed by atoms with Crippen molar-refractivity contribution in [1.29, 1.82) is 0 Å². The highest BCUT2D eigenvalue weighted by Crippen LogP contribution is 2.13. The van der Waals surface area contributed by atoms with Gasteiger partial charge in [0, 0.05) is 27.7 Å².